The molecule has 0 saturated heterocycles. The second kappa shape index (κ2) is 6.54. The standard InChI is InChI=1S/C14H23N3O2/c1-14(2,10-18)17(3)12(9-13(15)16-19)11-7-5-4-6-8-11/h4-8,12,18-19H,9-10H2,1-3H3,(H2,15,16). The maximum atomic E-state index is 9.50. The van der Waals surface area contributed by atoms with Gasteiger partial charge in [-0.05, 0) is 26.5 Å². The van der Waals surface area contributed by atoms with Gasteiger partial charge in [0.25, 0.3) is 0 Å². The van der Waals surface area contributed by atoms with E-state index in [1.54, 1.807) is 0 Å². The Morgan fingerprint density at radius 1 is 1.37 bits per heavy atom. The second-order valence-corrected chi connectivity index (χ2v) is 5.30. The van der Waals surface area contributed by atoms with Gasteiger partial charge >= 0.3 is 0 Å². The monoisotopic (exact) mass is 265 g/mol. The zero-order chi connectivity index (χ0) is 14.5. The molecule has 0 aliphatic heterocycles. The predicted octanol–water partition coefficient (Wildman–Crippen LogP) is 1.57. The van der Waals surface area contributed by atoms with E-state index in [1.807, 2.05) is 56.1 Å². The average molecular weight is 265 g/mol. The molecule has 0 amide bonds. The van der Waals surface area contributed by atoms with Gasteiger partial charge < -0.3 is 16.0 Å². The summed E-state index contributed by atoms with van der Waals surface area (Å²) in [6.07, 6.45) is 0.403. The van der Waals surface area contributed by atoms with E-state index in [0.29, 0.717) is 6.42 Å². The van der Waals surface area contributed by atoms with E-state index < -0.39 is 5.54 Å². The summed E-state index contributed by atoms with van der Waals surface area (Å²) in [6.45, 7) is 3.94. The molecule has 1 unspecified atom stereocenters. The van der Waals surface area contributed by atoms with E-state index in [9.17, 15) is 5.11 Å². The first-order chi connectivity index (χ1) is 8.92. The van der Waals surface area contributed by atoms with Crippen LogP contribution in [0.5, 0.6) is 0 Å². The summed E-state index contributed by atoms with van der Waals surface area (Å²) in [7, 11) is 1.93. The van der Waals surface area contributed by atoms with Gasteiger partial charge in [0.05, 0.1) is 6.61 Å². The van der Waals surface area contributed by atoms with Gasteiger partial charge in [-0.2, -0.15) is 0 Å². The molecule has 1 aromatic rings. The lowest BCUT2D eigenvalue weighted by Crippen LogP contribution is -2.47. The molecule has 0 bridgehead atoms. The molecule has 0 saturated carbocycles. The Balaban J connectivity index is 3.06. The van der Waals surface area contributed by atoms with Crippen molar-refractivity contribution in [3.63, 3.8) is 0 Å². The fourth-order valence-electron chi connectivity index (χ4n) is 1.93. The topological polar surface area (TPSA) is 82.1 Å². The molecule has 5 heteroatoms. The Bertz CT molecular complexity index is 418. The molecule has 0 aliphatic rings. The Morgan fingerprint density at radius 2 is 1.95 bits per heavy atom. The lowest BCUT2D eigenvalue weighted by molar-refractivity contribution is 0.0462. The first kappa shape index (κ1) is 15.5. The molecule has 0 aromatic heterocycles. The summed E-state index contributed by atoms with van der Waals surface area (Å²) in [5.41, 5.74) is 6.32. The summed E-state index contributed by atoms with van der Waals surface area (Å²) in [5.74, 6) is 0.175. The summed E-state index contributed by atoms with van der Waals surface area (Å²) in [6, 6.07) is 9.79. The molecule has 0 fully saturated rings. The predicted molar refractivity (Wildman–Crippen MR) is 76.1 cm³/mol. The number of hydrogen-bond donors (Lipinski definition) is 3. The molecular formula is C14H23N3O2. The van der Waals surface area contributed by atoms with Crippen molar-refractivity contribution < 1.29 is 10.3 Å². The van der Waals surface area contributed by atoms with Crippen LogP contribution in [0, 0.1) is 0 Å². The Labute approximate surface area is 114 Å². The molecule has 0 radical (unpaired) electrons. The Hall–Kier alpha value is -1.59. The molecule has 0 aliphatic carbocycles. The van der Waals surface area contributed by atoms with Crippen LogP contribution < -0.4 is 5.73 Å². The third-order valence-corrected chi connectivity index (χ3v) is 3.52. The van der Waals surface area contributed by atoms with Crippen LogP contribution in [0.15, 0.2) is 35.5 Å². The maximum Gasteiger partial charge on any atom is 0.141 e. The summed E-state index contributed by atoms with van der Waals surface area (Å²) < 4.78 is 0. The van der Waals surface area contributed by atoms with Crippen LogP contribution in [0.25, 0.3) is 0 Å². The highest BCUT2D eigenvalue weighted by atomic mass is 16.4. The largest absolute Gasteiger partial charge is 0.409 e. The van der Waals surface area contributed by atoms with Gasteiger partial charge in [0.1, 0.15) is 5.84 Å². The molecule has 19 heavy (non-hydrogen) atoms. The number of oxime groups is 1. The Kier molecular flexibility index (Phi) is 5.32. The van der Waals surface area contributed by atoms with E-state index in [2.05, 4.69) is 5.16 Å². The smallest absolute Gasteiger partial charge is 0.141 e. The van der Waals surface area contributed by atoms with Crippen molar-refractivity contribution in [1.29, 1.82) is 0 Å². The first-order valence-electron chi connectivity index (χ1n) is 6.27. The normalized spacial score (nSPS) is 14.7. The number of nitrogens with two attached hydrogens (primary N) is 1. The van der Waals surface area contributed by atoms with Gasteiger partial charge in [-0.15, -0.1) is 0 Å². The summed E-state index contributed by atoms with van der Waals surface area (Å²) in [4.78, 5) is 2.04. The zero-order valence-corrected chi connectivity index (χ0v) is 11.7. The van der Waals surface area contributed by atoms with Crippen molar-refractivity contribution >= 4 is 5.84 Å². The van der Waals surface area contributed by atoms with E-state index in [0.717, 1.165) is 5.56 Å². The van der Waals surface area contributed by atoms with Gasteiger partial charge in [-0.3, -0.25) is 4.90 Å². The zero-order valence-electron chi connectivity index (χ0n) is 11.7. The number of hydrogen-bond acceptors (Lipinski definition) is 4. The molecular weight excluding hydrogens is 242 g/mol. The minimum Gasteiger partial charge on any atom is -0.409 e. The van der Waals surface area contributed by atoms with Gasteiger partial charge in [0.2, 0.25) is 0 Å². The molecule has 0 spiro atoms. The molecule has 106 valence electrons. The minimum atomic E-state index is -0.393. The third kappa shape index (κ3) is 3.94. The molecule has 1 rings (SSSR count). The third-order valence-electron chi connectivity index (χ3n) is 3.52. The highest BCUT2D eigenvalue weighted by Crippen LogP contribution is 2.29. The van der Waals surface area contributed by atoms with Crippen LogP contribution in [0.4, 0.5) is 0 Å². The van der Waals surface area contributed by atoms with Crippen molar-refractivity contribution in [3.8, 4) is 0 Å². The first-order valence-corrected chi connectivity index (χ1v) is 6.27. The fraction of sp³-hybridized carbons (Fsp3) is 0.500. The number of rotatable bonds is 6. The van der Waals surface area contributed by atoms with Crippen molar-refractivity contribution in [3.05, 3.63) is 35.9 Å². The van der Waals surface area contributed by atoms with Crippen LogP contribution in [0.2, 0.25) is 0 Å². The van der Waals surface area contributed by atoms with Gasteiger partial charge in [0.15, 0.2) is 0 Å². The van der Waals surface area contributed by atoms with Crippen LogP contribution in [-0.4, -0.2) is 40.2 Å². The quantitative estimate of drug-likeness (QED) is 0.315. The van der Waals surface area contributed by atoms with Crippen molar-refractivity contribution in [2.24, 2.45) is 10.9 Å². The molecule has 0 heterocycles. The van der Waals surface area contributed by atoms with E-state index in [4.69, 9.17) is 10.9 Å². The number of benzene rings is 1. The number of amidine groups is 1. The van der Waals surface area contributed by atoms with Crippen LogP contribution in [-0.2, 0) is 0 Å². The maximum absolute atomic E-state index is 9.50. The van der Waals surface area contributed by atoms with Crippen molar-refractivity contribution in [1.82, 2.24) is 4.90 Å². The lowest BCUT2D eigenvalue weighted by Gasteiger charge is -2.40. The molecule has 5 nitrogen and oxygen atoms in total. The van der Waals surface area contributed by atoms with E-state index in [1.165, 1.54) is 0 Å². The van der Waals surface area contributed by atoms with Crippen molar-refractivity contribution in [2.75, 3.05) is 13.7 Å². The summed E-state index contributed by atoms with van der Waals surface area (Å²) in [5, 5.41) is 21.3. The highest BCUT2D eigenvalue weighted by molar-refractivity contribution is 5.80. The Morgan fingerprint density at radius 3 is 2.42 bits per heavy atom. The number of likely N-dealkylation sites (N-methyl/N-ethyl adjacent to an activating group) is 1. The van der Waals surface area contributed by atoms with E-state index in [-0.39, 0.29) is 18.5 Å². The highest BCUT2D eigenvalue weighted by Gasteiger charge is 2.30. The van der Waals surface area contributed by atoms with Crippen LogP contribution in [0.3, 0.4) is 0 Å². The van der Waals surface area contributed by atoms with Crippen molar-refractivity contribution in [2.45, 2.75) is 31.8 Å². The lowest BCUT2D eigenvalue weighted by atomic mass is 9.95. The molecule has 4 N–H and O–H groups in total. The fourth-order valence-corrected chi connectivity index (χ4v) is 1.93. The summed E-state index contributed by atoms with van der Waals surface area (Å²) >= 11 is 0. The molecule has 1 aromatic carbocycles. The van der Waals surface area contributed by atoms with Gasteiger partial charge in [-0.25, -0.2) is 0 Å². The average Bonchev–Trinajstić information content (AvgIpc) is 2.44. The number of nitrogens with zero attached hydrogens (tertiary/aromatic N) is 2. The SMILES string of the molecule is CN(C(C/C(N)=N/O)c1ccccc1)C(C)(C)CO. The minimum absolute atomic E-state index is 0.0308. The second-order valence-electron chi connectivity index (χ2n) is 5.30. The molecule has 1 atom stereocenters. The van der Waals surface area contributed by atoms with Gasteiger partial charge in [0, 0.05) is 18.0 Å². The van der Waals surface area contributed by atoms with Gasteiger partial charge in [-0.1, -0.05) is 35.5 Å². The number of aliphatic hydroxyl groups excluding tert-OH is 1. The number of aliphatic hydroxyl groups is 1. The van der Waals surface area contributed by atoms with Crippen LogP contribution in [0.1, 0.15) is 31.9 Å². The van der Waals surface area contributed by atoms with Crippen LogP contribution >= 0.6 is 0 Å². The van der Waals surface area contributed by atoms with E-state index >= 15 is 0 Å².